The number of amides is 2. The molecule has 3 heterocycles. The van der Waals surface area contributed by atoms with E-state index in [0.29, 0.717) is 20.7 Å². The molecule has 28 heavy (non-hydrogen) atoms. The normalized spacial score (nSPS) is 16.9. The van der Waals surface area contributed by atoms with Gasteiger partial charge in [0.05, 0.1) is 11.2 Å². The van der Waals surface area contributed by atoms with Gasteiger partial charge < -0.3 is 19.2 Å². The number of aryl methyl sites for hydroxylation is 1. The smallest absolute Gasteiger partial charge is 0.287 e. The molecule has 4 rings (SSSR count). The molecule has 0 unspecified atom stereocenters. The van der Waals surface area contributed by atoms with Crippen molar-refractivity contribution < 1.29 is 23.5 Å². The molecule has 2 aromatic rings. The SMILES string of the molecule is Cc1ccoc1C(=O)NCCN1C(=O)/C(=C\c2ccc3c(c2)OCO3)SC1=S. The van der Waals surface area contributed by atoms with Crippen molar-refractivity contribution in [2.75, 3.05) is 19.9 Å². The van der Waals surface area contributed by atoms with Gasteiger partial charge in [0.1, 0.15) is 4.32 Å². The number of nitrogens with one attached hydrogen (secondary N) is 1. The number of fused-ring (bicyclic) bond motifs is 1. The van der Waals surface area contributed by atoms with Gasteiger partial charge >= 0.3 is 0 Å². The Labute approximate surface area is 170 Å². The second-order valence-corrected chi connectivity index (χ2v) is 7.81. The lowest BCUT2D eigenvalue weighted by Crippen LogP contribution is -2.37. The van der Waals surface area contributed by atoms with Gasteiger partial charge in [-0.2, -0.15) is 0 Å². The summed E-state index contributed by atoms with van der Waals surface area (Å²) in [6.45, 7) is 2.54. The maximum atomic E-state index is 12.7. The molecule has 2 aliphatic rings. The molecule has 1 aromatic carbocycles. The molecule has 1 fully saturated rings. The third kappa shape index (κ3) is 3.63. The van der Waals surface area contributed by atoms with Gasteiger partial charge in [0.25, 0.3) is 11.8 Å². The Morgan fingerprint density at radius 2 is 2.14 bits per heavy atom. The van der Waals surface area contributed by atoms with Gasteiger partial charge in [0.2, 0.25) is 6.79 Å². The van der Waals surface area contributed by atoms with Crippen LogP contribution in [0.3, 0.4) is 0 Å². The second-order valence-electron chi connectivity index (χ2n) is 6.13. The molecular weight excluding hydrogens is 400 g/mol. The first-order valence-corrected chi connectivity index (χ1v) is 9.73. The number of carbonyl (C=O) groups excluding carboxylic acids is 2. The molecule has 1 N–H and O–H groups in total. The highest BCUT2D eigenvalue weighted by Crippen LogP contribution is 2.36. The van der Waals surface area contributed by atoms with Crippen LogP contribution in [0.1, 0.15) is 21.7 Å². The predicted molar refractivity (Wildman–Crippen MR) is 108 cm³/mol. The number of benzene rings is 1. The van der Waals surface area contributed by atoms with Gasteiger partial charge in [0.15, 0.2) is 17.3 Å². The average molecular weight is 416 g/mol. The molecule has 0 spiro atoms. The van der Waals surface area contributed by atoms with E-state index in [1.807, 2.05) is 12.1 Å². The summed E-state index contributed by atoms with van der Waals surface area (Å²) in [4.78, 5) is 26.8. The van der Waals surface area contributed by atoms with Crippen LogP contribution in [0.4, 0.5) is 0 Å². The average Bonchev–Trinajstić information content (AvgIpc) is 3.37. The fourth-order valence-electron chi connectivity index (χ4n) is 2.81. The summed E-state index contributed by atoms with van der Waals surface area (Å²) in [7, 11) is 0. The fourth-order valence-corrected chi connectivity index (χ4v) is 4.12. The van der Waals surface area contributed by atoms with Crippen LogP contribution in [0.5, 0.6) is 11.5 Å². The first-order chi connectivity index (χ1) is 13.5. The van der Waals surface area contributed by atoms with Crippen LogP contribution in [0, 0.1) is 6.92 Å². The zero-order valence-electron chi connectivity index (χ0n) is 14.9. The minimum Gasteiger partial charge on any atom is -0.459 e. The number of nitrogens with zero attached hydrogens (tertiary/aromatic N) is 1. The molecule has 2 amide bonds. The monoisotopic (exact) mass is 416 g/mol. The summed E-state index contributed by atoms with van der Waals surface area (Å²) in [6.07, 6.45) is 3.24. The Hall–Kier alpha value is -2.78. The maximum absolute atomic E-state index is 12.7. The molecule has 0 atom stereocenters. The highest BCUT2D eigenvalue weighted by Gasteiger charge is 2.32. The van der Waals surface area contributed by atoms with Crippen molar-refractivity contribution in [1.82, 2.24) is 10.2 Å². The van der Waals surface area contributed by atoms with Gasteiger partial charge in [-0.3, -0.25) is 14.5 Å². The van der Waals surface area contributed by atoms with Crippen molar-refractivity contribution in [3.8, 4) is 11.5 Å². The van der Waals surface area contributed by atoms with Crippen molar-refractivity contribution in [2.24, 2.45) is 0 Å². The minimum atomic E-state index is -0.316. The predicted octanol–water partition coefficient (Wildman–Crippen LogP) is 2.95. The van der Waals surface area contributed by atoms with Crippen LogP contribution in [0.15, 0.2) is 39.9 Å². The van der Waals surface area contributed by atoms with E-state index in [4.69, 9.17) is 26.1 Å². The molecule has 9 heteroatoms. The molecule has 144 valence electrons. The number of thiocarbonyl (C=S) groups is 1. The summed E-state index contributed by atoms with van der Waals surface area (Å²) in [5.41, 5.74) is 1.58. The first kappa shape index (κ1) is 18.6. The van der Waals surface area contributed by atoms with Gasteiger partial charge in [-0.1, -0.05) is 30.0 Å². The third-order valence-electron chi connectivity index (χ3n) is 4.26. The number of carbonyl (C=O) groups is 2. The zero-order valence-corrected chi connectivity index (χ0v) is 16.5. The Morgan fingerprint density at radius 1 is 1.32 bits per heavy atom. The number of hydrogen-bond acceptors (Lipinski definition) is 7. The van der Waals surface area contributed by atoms with Crippen LogP contribution < -0.4 is 14.8 Å². The topological polar surface area (TPSA) is 81.0 Å². The van der Waals surface area contributed by atoms with Crippen LogP contribution >= 0.6 is 24.0 Å². The minimum absolute atomic E-state index is 0.184. The molecule has 0 saturated carbocycles. The summed E-state index contributed by atoms with van der Waals surface area (Å²) in [5, 5.41) is 2.74. The van der Waals surface area contributed by atoms with Gasteiger partial charge in [-0.25, -0.2) is 0 Å². The molecule has 1 saturated heterocycles. The molecule has 0 radical (unpaired) electrons. The fraction of sp³-hybridized carbons (Fsp3) is 0.211. The number of hydrogen-bond donors (Lipinski definition) is 1. The van der Waals surface area contributed by atoms with Crippen LogP contribution in [-0.4, -0.2) is 40.9 Å². The van der Waals surface area contributed by atoms with E-state index >= 15 is 0 Å². The number of rotatable bonds is 5. The molecule has 7 nitrogen and oxygen atoms in total. The molecule has 0 aliphatic carbocycles. The van der Waals surface area contributed by atoms with E-state index in [1.54, 1.807) is 25.1 Å². The van der Waals surface area contributed by atoms with Gasteiger partial charge in [0, 0.05) is 18.7 Å². The van der Waals surface area contributed by atoms with Crippen LogP contribution in [-0.2, 0) is 4.79 Å². The number of thioether (sulfide) groups is 1. The lowest BCUT2D eigenvalue weighted by Gasteiger charge is -2.14. The van der Waals surface area contributed by atoms with E-state index in [9.17, 15) is 9.59 Å². The standard InChI is InChI=1S/C19H16N2O5S2/c1-11-4-7-24-16(11)17(22)20-5-6-21-18(23)15(28-19(21)27)9-12-2-3-13-14(8-12)26-10-25-13/h2-4,7-9H,5-6,10H2,1H3,(H,20,22)/b15-9+. The van der Waals surface area contributed by atoms with Gasteiger partial charge in [-0.15, -0.1) is 0 Å². The summed E-state index contributed by atoms with van der Waals surface area (Å²) < 4.78 is 16.3. The van der Waals surface area contributed by atoms with Crippen molar-refractivity contribution in [2.45, 2.75) is 6.92 Å². The molecular formula is C19H16N2O5S2. The quantitative estimate of drug-likeness (QED) is 0.593. The van der Waals surface area contributed by atoms with E-state index in [0.717, 1.165) is 11.1 Å². The summed E-state index contributed by atoms with van der Waals surface area (Å²) >= 11 is 6.56. The third-order valence-corrected chi connectivity index (χ3v) is 5.64. The van der Waals surface area contributed by atoms with Gasteiger partial charge in [-0.05, 0) is 36.8 Å². The van der Waals surface area contributed by atoms with Crippen molar-refractivity contribution >= 4 is 46.2 Å². The number of ether oxygens (including phenoxy) is 2. The first-order valence-electron chi connectivity index (χ1n) is 8.50. The van der Waals surface area contributed by atoms with Crippen LogP contribution in [0.25, 0.3) is 6.08 Å². The van der Waals surface area contributed by atoms with Crippen molar-refractivity contribution in [3.05, 3.63) is 52.3 Å². The van der Waals surface area contributed by atoms with E-state index in [2.05, 4.69) is 5.32 Å². The zero-order chi connectivity index (χ0) is 19.7. The maximum Gasteiger partial charge on any atom is 0.287 e. The highest BCUT2D eigenvalue weighted by molar-refractivity contribution is 8.26. The Bertz CT molecular complexity index is 998. The lowest BCUT2D eigenvalue weighted by atomic mass is 10.2. The van der Waals surface area contributed by atoms with E-state index in [1.165, 1.54) is 22.9 Å². The van der Waals surface area contributed by atoms with E-state index in [-0.39, 0.29) is 37.5 Å². The lowest BCUT2D eigenvalue weighted by molar-refractivity contribution is -0.122. The Kier molecular flexibility index (Phi) is 5.10. The summed E-state index contributed by atoms with van der Waals surface area (Å²) in [6, 6.07) is 7.20. The van der Waals surface area contributed by atoms with E-state index < -0.39 is 0 Å². The van der Waals surface area contributed by atoms with Crippen LogP contribution in [0.2, 0.25) is 0 Å². The summed E-state index contributed by atoms with van der Waals surface area (Å²) in [5.74, 6) is 1.11. The Morgan fingerprint density at radius 3 is 2.93 bits per heavy atom. The highest BCUT2D eigenvalue weighted by atomic mass is 32.2. The number of furan rings is 1. The Balaban J connectivity index is 1.38. The molecule has 2 aliphatic heterocycles. The molecule has 0 bridgehead atoms. The van der Waals surface area contributed by atoms with Crippen molar-refractivity contribution in [3.63, 3.8) is 0 Å². The largest absolute Gasteiger partial charge is 0.459 e. The second kappa shape index (κ2) is 7.69. The molecule has 1 aromatic heterocycles. The van der Waals surface area contributed by atoms with Crippen molar-refractivity contribution in [1.29, 1.82) is 0 Å².